The number of nitrogens with one attached hydrogen (secondary N) is 1. The predicted octanol–water partition coefficient (Wildman–Crippen LogP) is 3.01. The van der Waals surface area contributed by atoms with Crippen LogP contribution >= 0.6 is 22.6 Å². The van der Waals surface area contributed by atoms with Crippen molar-refractivity contribution in [1.82, 2.24) is 4.90 Å². The topological polar surface area (TPSA) is 58.6 Å². The standard InChI is InChI=1S/C17H17IN2O3/c1-20(2)17(22)12-5-3-7-14(9-12)19-16(21)11-23-15-8-4-6-13(18)10-15/h3-10H,11H2,1-2H3,(H,19,21). The maximum atomic E-state index is 12.0. The molecule has 0 atom stereocenters. The highest BCUT2D eigenvalue weighted by atomic mass is 127. The van der Waals surface area contributed by atoms with Crippen molar-refractivity contribution < 1.29 is 14.3 Å². The van der Waals surface area contributed by atoms with Gasteiger partial charge in [0.25, 0.3) is 11.8 Å². The molecule has 0 aliphatic carbocycles. The molecule has 2 aromatic rings. The molecular weight excluding hydrogens is 407 g/mol. The number of ether oxygens (including phenoxy) is 1. The minimum atomic E-state index is -0.279. The third kappa shape index (κ3) is 5.24. The van der Waals surface area contributed by atoms with Crippen LogP contribution in [0.5, 0.6) is 5.75 Å². The number of rotatable bonds is 5. The average molecular weight is 424 g/mol. The van der Waals surface area contributed by atoms with Crippen molar-refractivity contribution in [3.8, 4) is 5.75 Å². The van der Waals surface area contributed by atoms with Gasteiger partial charge in [0, 0.05) is 28.9 Å². The molecule has 0 saturated carbocycles. The van der Waals surface area contributed by atoms with Crippen LogP contribution in [0.1, 0.15) is 10.4 Å². The summed E-state index contributed by atoms with van der Waals surface area (Å²) in [5, 5.41) is 2.72. The highest BCUT2D eigenvalue weighted by Crippen LogP contribution is 2.15. The van der Waals surface area contributed by atoms with E-state index in [9.17, 15) is 9.59 Å². The van der Waals surface area contributed by atoms with Gasteiger partial charge in [-0.1, -0.05) is 12.1 Å². The molecule has 1 N–H and O–H groups in total. The SMILES string of the molecule is CN(C)C(=O)c1cccc(NC(=O)COc2cccc(I)c2)c1. The summed E-state index contributed by atoms with van der Waals surface area (Å²) in [6, 6.07) is 14.3. The molecular formula is C17H17IN2O3. The Kier molecular flexibility index (Phi) is 5.97. The molecule has 5 nitrogen and oxygen atoms in total. The molecule has 0 aliphatic heterocycles. The summed E-state index contributed by atoms with van der Waals surface area (Å²) >= 11 is 2.18. The summed E-state index contributed by atoms with van der Waals surface area (Å²) in [4.78, 5) is 25.4. The Morgan fingerprint density at radius 1 is 1.13 bits per heavy atom. The van der Waals surface area contributed by atoms with E-state index >= 15 is 0 Å². The fraction of sp³-hybridized carbons (Fsp3) is 0.176. The number of carbonyl (C=O) groups is 2. The van der Waals surface area contributed by atoms with Crippen LogP contribution in [0.3, 0.4) is 0 Å². The Morgan fingerprint density at radius 2 is 1.87 bits per heavy atom. The van der Waals surface area contributed by atoms with Gasteiger partial charge in [-0.2, -0.15) is 0 Å². The molecule has 6 heteroatoms. The number of nitrogens with zero attached hydrogens (tertiary/aromatic N) is 1. The van der Waals surface area contributed by atoms with Gasteiger partial charge in [0.15, 0.2) is 6.61 Å². The maximum Gasteiger partial charge on any atom is 0.262 e. The zero-order valence-electron chi connectivity index (χ0n) is 12.9. The first-order chi connectivity index (χ1) is 11.0. The number of benzene rings is 2. The second-order valence-corrected chi connectivity index (χ2v) is 6.32. The van der Waals surface area contributed by atoms with Gasteiger partial charge in [-0.3, -0.25) is 9.59 Å². The van der Waals surface area contributed by atoms with E-state index in [1.54, 1.807) is 44.4 Å². The molecule has 2 aromatic carbocycles. The van der Waals surface area contributed by atoms with Crippen LogP contribution < -0.4 is 10.1 Å². The fourth-order valence-electron chi connectivity index (χ4n) is 1.89. The van der Waals surface area contributed by atoms with Gasteiger partial charge in [-0.25, -0.2) is 0 Å². The Bertz CT molecular complexity index is 716. The largest absolute Gasteiger partial charge is 0.484 e. The smallest absolute Gasteiger partial charge is 0.262 e. The van der Waals surface area contributed by atoms with E-state index in [-0.39, 0.29) is 18.4 Å². The van der Waals surface area contributed by atoms with Crippen LogP contribution in [0.25, 0.3) is 0 Å². The summed E-state index contributed by atoms with van der Waals surface area (Å²) in [6.45, 7) is -0.0913. The number of anilines is 1. The Morgan fingerprint density at radius 3 is 2.57 bits per heavy atom. The summed E-state index contributed by atoms with van der Waals surface area (Å²) in [7, 11) is 3.37. The van der Waals surface area contributed by atoms with E-state index in [0.29, 0.717) is 17.0 Å². The van der Waals surface area contributed by atoms with E-state index in [1.807, 2.05) is 18.2 Å². The lowest BCUT2D eigenvalue weighted by atomic mass is 10.2. The van der Waals surface area contributed by atoms with Crippen LogP contribution in [0, 0.1) is 3.57 Å². The van der Waals surface area contributed by atoms with Crippen molar-refractivity contribution in [2.24, 2.45) is 0 Å². The van der Waals surface area contributed by atoms with Crippen molar-refractivity contribution in [1.29, 1.82) is 0 Å². The molecule has 0 unspecified atom stereocenters. The molecule has 0 heterocycles. The van der Waals surface area contributed by atoms with Crippen molar-refractivity contribution in [2.45, 2.75) is 0 Å². The molecule has 2 amide bonds. The van der Waals surface area contributed by atoms with E-state index in [4.69, 9.17) is 4.74 Å². The lowest BCUT2D eigenvalue weighted by Gasteiger charge is -2.12. The number of carbonyl (C=O) groups excluding carboxylic acids is 2. The summed E-state index contributed by atoms with van der Waals surface area (Å²) < 4.78 is 6.48. The minimum Gasteiger partial charge on any atom is -0.484 e. The highest BCUT2D eigenvalue weighted by Gasteiger charge is 2.10. The van der Waals surface area contributed by atoms with Gasteiger partial charge in [0.1, 0.15) is 5.75 Å². The fourth-order valence-corrected chi connectivity index (χ4v) is 2.41. The third-order valence-electron chi connectivity index (χ3n) is 2.97. The van der Waals surface area contributed by atoms with Crippen molar-refractivity contribution >= 4 is 40.1 Å². The summed E-state index contributed by atoms with van der Waals surface area (Å²) in [6.07, 6.45) is 0. The first-order valence-electron chi connectivity index (χ1n) is 6.95. The van der Waals surface area contributed by atoms with Crippen LogP contribution in [0.2, 0.25) is 0 Å². The quantitative estimate of drug-likeness (QED) is 0.751. The molecule has 2 rings (SSSR count). The minimum absolute atomic E-state index is 0.0913. The second kappa shape index (κ2) is 7.96. The maximum absolute atomic E-state index is 12.0. The van der Waals surface area contributed by atoms with Crippen molar-refractivity contribution in [3.05, 3.63) is 57.7 Å². The molecule has 23 heavy (non-hydrogen) atoms. The van der Waals surface area contributed by atoms with Gasteiger partial charge in [-0.15, -0.1) is 0 Å². The number of amides is 2. The average Bonchev–Trinajstić information content (AvgIpc) is 2.52. The molecule has 120 valence electrons. The van der Waals surface area contributed by atoms with Gasteiger partial charge >= 0.3 is 0 Å². The molecule has 0 radical (unpaired) electrons. The molecule has 0 spiro atoms. The lowest BCUT2D eigenvalue weighted by Crippen LogP contribution is -2.23. The van der Waals surface area contributed by atoms with Gasteiger partial charge in [0.2, 0.25) is 0 Å². The molecule has 0 bridgehead atoms. The van der Waals surface area contributed by atoms with Crippen molar-refractivity contribution in [3.63, 3.8) is 0 Å². The first kappa shape index (κ1) is 17.3. The molecule has 0 aliphatic rings. The molecule has 0 aromatic heterocycles. The van der Waals surface area contributed by atoms with Gasteiger partial charge in [-0.05, 0) is 59.0 Å². The first-order valence-corrected chi connectivity index (χ1v) is 8.03. The van der Waals surface area contributed by atoms with E-state index in [0.717, 1.165) is 3.57 Å². The highest BCUT2D eigenvalue weighted by molar-refractivity contribution is 14.1. The monoisotopic (exact) mass is 424 g/mol. The lowest BCUT2D eigenvalue weighted by molar-refractivity contribution is -0.118. The van der Waals surface area contributed by atoms with Crippen LogP contribution in [0.4, 0.5) is 5.69 Å². The van der Waals surface area contributed by atoms with Gasteiger partial charge in [0.05, 0.1) is 0 Å². The number of hydrogen-bond acceptors (Lipinski definition) is 3. The third-order valence-corrected chi connectivity index (χ3v) is 3.64. The van der Waals surface area contributed by atoms with Crippen LogP contribution in [-0.4, -0.2) is 37.4 Å². The molecule has 0 saturated heterocycles. The Balaban J connectivity index is 1.95. The number of hydrogen-bond donors (Lipinski definition) is 1. The predicted molar refractivity (Wildman–Crippen MR) is 97.7 cm³/mol. The van der Waals surface area contributed by atoms with Crippen molar-refractivity contribution in [2.75, 3.05) is 26.0 Å². The van der Waals surface area contributed by atoms with Crippen LogP contribution in [0.15, 0.2) is 48.5 Å². The normalized spacial score (nSPS) is 10.0. The second-order valence-electron chi connectivity index (χ2n) is 5.07. The van der Waals surface area contributed by atoms with E-state index < -0.39 is 0 Å². The number of halogens is 1. The van der Waals surface area contributed by atoms with E-state index in [1.165, 1.54) is 4.90 Å². The molecule has 0 fully saturated rings. The Hall–Kier alpha value is -2.09. The van der Waals surface area contributed by atoms with Crippen LogP contribution in [-0.2, 0) is 4.79 Å². The summed E-state index contributed by atoms with van der Waals surface area (Å²) in [5.41, 5.74) is 1.08. The zero-order chi connectivity index (χ0) is 16.8. The van der Waals surface area contributed by atoms with Gasteiger partial charge < -0.3 is 15.0 Å². The Labute approximate surface area is 148 Å². The van der Waals surface area contributed by atoms with E-state index in [2.05, 4.69) is 27.9 Å². The zero-order valence-corrected chi connectivity index (χ0v) is 15.0. The summed E-state index contributed by atoms with van der Waals surface area (Å²) in [5.74, 6) is 0.248.